The van der Waals surface area contributed by atoms with Crippen molar-refractivity contribution in [3.63, 3.8) is 0 Å². The van der Waals surface area contributed by atoms with Crippen LogP contribution in [0.4, 0.5) is 0 Å². The Morgan fingerprint density at radius 3 is 2.28 bits per heavy atom. The lowest BCUT2D eigenvalue weighted by Crippen LogP contribution is -2.61. The third-order valence-electron chi connectivity index (χ3n) is 6.86. The fraction of sp³-hybridized carbons (Fsp3) is 0.909. The van der Waals surface area contributed by atoms with Crippen molar-refractivity contribution in [3.05, 3.63) is 0 Å². The van der Waals surface area contributed by atoms with Gasteiger partial charge in [0.25, 0.3) is 0 Å². The lowest BCUT2D eigenvalue weighted by atomic mass is 9.84. The molecule has 7 nitrogen and oxygen atoms in total. The molecule has 1 saturated carbocycles. The van der Waals surface area contributed by atoms with Crippen LogP contribution in [-0.4, -0.2) is 79.3 Å². The number of esters is 1. The van der Waals surface area contributed by atoms with Gasteiger partial charge in [0.2, 0.25) is 6.41 Å². The molecular formula is C22H40N4O3. The summed E-state index contributed by atoms with van der Waals surface area (Å²) in [6.07, 6.45) is 7.60. The van der Waals surface area contributed by atoms with Gasteiger partial charge in [-0.15, -0.1) is 0 Å². The summed E-state index contributed by atoms with van der Waals surface area (Å²) in [5.74, 6) is -0.191. The van der Waals surface area contributed by atoms with Crippen LogP contribution in [0.2, 0.25) is 0 Å². The minimum atomic E-state index is -0.822. The second-order valence-corrected chi connectivity index (χ2v) is 10.1. The zero-order valence-electron chi connectivity index (χ0n) is 18.5. The molecule has 0 bridgehead atoms. The van der Waals surface area contributed by atoms with Crippen molar-refractivity contribution < 1.29 is 14.3 Å². The number of ether oxygens (including phenoxy) is 1. The number of carbonyl (C=O) groups excluding carboxylic acids is 2. The Labute approximate surface area is 175 Å². The summed E-state index contributed by atoms with van der Waals surface area (Å²) in [6, 6.07) is 0.366. The Hall–Kier alpha value is -1.18. The van der Waals surface area contributed by atoms with Crippen LogP contribution in [0.1, 0.15) is 65.7 Å². The number of piperazine rings is 1. The molecule has 1 aliphatic carbocycles. The minimum Gasteiger partial charge on any atom is -0.438 e. The van der Waals surface area contributed by atoms with Crippen molar-refractivity contribution in [3.8, 4) is 0 Å². The van der Waals surface area contributed by atoms with Gasteiger partial charge in [-0.3, -0.25) is 19.4 Å². The van der Waals surface area contributed by atoms with Gasteiger partial charge in [0, 0.05) is 45.1 Å². The Kier molecular flexibility index (Phi) is 7.57. The average molecular weight is 409 g/mol. The maximum atomic E-state index is 13.4. The van der Waals surface area contributed by atoms with Crippen LogP contribution in [0.5, 0.6) is 0 Å². The Morgan fingerprint density at radius 1 is 1.10 bits per heavy atom. The number of nitrogens with zero attached hydrogens (tertiary/aromatic N) is 2. The van der Waals surface area contributed by atoms with E-state index in [0.717, 1.165) is 58.5 Å². The first-order chi connectivity index (χ1) is 13.8. The first kappa shape index (κ1) is 22.5. The summed E-state index contributed by atoms with van der Waals surface area (Å²) >= 11 is 0. The van der Waals surface area contributed by atoms with Crippen LogP contribution in [0.25, 0.3) is 0 Å². The zero-order valence-corrected chi connectivity index (χ0v) is 18.5. The van der Waals surface area contributed by atoms with Crippen molar-refractivity contribution in [2.45, 2.75) is 83.5 Å². The molecule has 1 unspecified atom stereocenters. The lowest BCUT2D eigenvalue weighted by Gasteiger charge is -2.46. The highest BCUT2D eigenvalue weighted by atomic mass is 16.6. The molecule has 29 heavy (non-hydrogen) atoms. The SMILES string of the molecule is CC(C)(C)C(C(=O)OC1(NC=O)CCCCC1)N1CCN(C2CCNCC2)CC1. The van der Waals surface area contributed by atoms with Crippen LogP contribution < -0.4 is 10.6 Å². The zero-order chi connectivity index (χ0) is 20.9. The highest BCUT2D eigenvalue weighted by molar-refractivity contribution is 5.77. The topological polar surface area (TPSA) is 73.9 Å². The Bertz CT molecular complexity index is 543. The summed E-state index contributed by atoms with van der Waals surface area (Å²) in [5, 5.41) is 6.27. The molecule has 0 radical (unpaired) electrons. The fourth-order valence-corrected chi connectivity index (χ4v) is 5.34. The van der Waals surface area contributed by atoms with Gasteiger partial charge in [0.05, 0.1) is 0 Å². The number of amides is 1. The van der Waals surface area contributed by atoms with E-state index in [-0.39, 0.29) is 17.4 Å². The molecule has 166 valence electrons. The van der Waals surface area contributed by atoms with E-state index in [1.165, 1.54) is 12.8 Å². The standard InChI is InChI=1S/C22H40N4O3/c1-21(2,3)19(20(28)29-22(24-17-27)9-5-4-6-10-22)26-15-13-25(14-16-26)18-7-11-23-12-8-18/h17-19,23H,4-16H2,1-3H3,(H,24,27). The maximum absolute atomic E-state index is 13.4. The molecule has 3 rings (SSSR count). The molecule has 2 saturated heterocycles. The third-order valence-corrected chi connectivity index (χ3v) is 6.86. The van der Waals surface area contributed by atoms with E-state index in [1.54, 1.807) is 0 Å². The van der Waals surface area contributed by atoms with Crippen LogP contribution >= 0.6 is 0 Å². The third kappa shape index (κ3) is 5.70. The van der Waals surface area contributed by atoms with Crippen LogP contribution in [-0.2, 0) is 14.3 Å². The highest BCUT2D eigenvalue weighted by Gasteiger charge is 2.44. The molecule has 3 fully saturated rings. The van der Waals surface area contributed by atoms with E-state index >= 15 is 0 Å². The predicted octanol–water partition coefficient (Wildman–Crippen LogP) is 1.72. The molecule has 3 aliphatic rings. The number of rotatable bonds is 6. The average Bonchev–Trinajstić information content (AvgIpc) is 2.69. The monoisotopic (exact) mass is 408 g/mol. The van der Waals surface area contributed by atoms with Gasteiger partial charge in [0.15, 0.2) is 5.72 Å². The Morgan fingerprint density at radius 2 is 1.72 bits per heavy atom. The van der Waals surface area contributed by atoms with Crippen molar-refractivity contribution in [1.82, 2.24) is 20.4 Å². The van der Waals surface area contributed by atoms with E-state index in [4.69, 9.17) is 4.74 Å². The molecule has 2 aliphatic heterocycles. The van der Waals surface area contributed by atoms with Gasteiger partial charge in [-0.1, -0.05) is 27.2 Å². The minimum absolute atomic E-state index is 0.191. The largest absolute Gasteiger partial charge is 0.438 e. The normalized spacial score (nSPS) is 25.9. The summed E-state index contributed by atoms with van der Waals surface area (Å²) in [7, 11) is 0. The van der Waals surface area contributed by atoms with Crippen molar-refractivity contribution in [2.24, 2.45) is 5.41 Å². The number of hydrogen-bond acceptors (Lipinski definition) is 6. The highest BCUT2D eigenvalue weighted by Crippen LogP contribution is 2.33. The van der Waals surface area contributed by atoms with Gasteiger partial charge in [-0.25, -0.2) is 0 Å². The van der Waals surface area contributed by atoms with E-state index < -0.39 is 5.72 Å². The Balaban J connectivity index is 1.65. The summed E-state index contributed by atoms with van der Waals surface area (Å²) < 4.78 is 6.06. The van der Waals surface area contributed by atoms with Crippen LogP contribution in [0, 0.1) is 5.41 Å². The first-order valence-electron chi connectivity index (χ1n) is 11.5. The van der Waals surface area contributed by atoms with Crippen molar-refractivity contribution in [2.75, 3.05) is 39.3 Å². The molecule has 1 amide bonds. The van der Waals surface area contributed by atoms with Gasteiger partial charge in [-0.05, 0) is 44.2 Å². The van der Waals surface area contributed by atoms with E-state index in [2.05, 4.69) is 41.2 Å². The van der Waals surface area contributed by atoms with Gasteiger partial charge in [0.1, 0.15) is 6.04 Å². The summed E-state index contributed by atoms with van der Waals surface area (Å²) in [5.41, 5.74) is -1.05. The molecular weight excluding hydrogens is 368 g/mol. The number of piperidine rings is 1. The van der Waals surface area contributed by atoms with Crippen LogP contribution in [0.3, 0.4) is 0 Å². The van der Waals surface area contributed by atoms with E-state index in [1.807, 2.05) is 0 Å². The molecule has 2 N–H and O–H groups in total. The summed E-state index contributed by atoms with van der Waals surface area (Å²) in [4.78, 5) is 29.5. The van der Waals surface area contributed by atoms with Gasteiger partial charge >= 0.3 is 5.97 Å². The lowest BCUT2D eigenvalue weighted by molar-refractivity contribution is -0.179. The van der Waals surface area contributed by atoms with Crippen molar-refractivity contribution >= 4 is 12.4 Å². The molecule has 0 aromatic rings. The summed E-state index contributed by atoms with van der Waals surface area (Å²) in [6.45, 7) is 12.3. The molecule has 0 aromatic heterocycles. The maximum Gasteiger partial charge on any atom is 0.326 e. The second-order valence-electron chi connectivity index (χ2n) is 10.1. The van der Waals surface area contributed by atoms with Crippen LogP contribution in [0.15, 0.2) is 0 Å². The number of nitrogens with one attached hydrogen (secondary N) is 2. The molecule has 1 atom stereocenters. The first-order valence-corrected chi connectivity index (χ1v) is 11.5. The van der Waals surface area contributed by atoms with E-state index in [0.29, 0.717) is 25.3 Å². The number of carbonyl (C=O) groups is 2. The van der Waals surface area contributed by atoms with Gasteiger partial charge in [-0.2, -0.15) is 0 Å². The smallest absolute Gasteiger partial charge is 0.326 e. The fourth-order valence-electron chi connectivity index (χ4n) is 5.34. The van der Waals surface area contributed by atoms with E-state index in [9.17, 15) is 9.59 Å². The second kappa shape index (κ2) is 9.75. The molecule has 7 heteroatoms. The van der Waals surface area contributed by atoms with Crippen molar-refractivity contribution in [1.29, 1.82) is 0 Å². The predicted molar refractivity (Wildman–Crippen MR) is 113 cm³/mol. The molecule has 2 heterocycles. The van der Waals surface area contributed by atoms with Gasteiger partial charge < -0.3 is 15.4 Å². The molecule has 0 spiro atoms. The molecule has 0 aromatic carbocycles. The number of hydrogen-bond donors (Lipinski definition) is 2. The quantitative estimate of drug-likeness (QED) is 0.396.